The van der Waals surface area contributed by atoms with Gasteiger partial charge in [-0.3, -0.25) is 0 Å². The van der Waals surface area contributed by atoms with Gasteiger partial charge in [0.05, 0.1) is 6.04 Å². The fraction of sp³-hybridized carbons (Fsp3) is 0.929. The van der Waals surface area contributed by atoms with Crippen molar-refractivity contribution in [3.63, 3.8) is 0 Å². The third-order valence-corrected chi connectivity index (χ3v) is 4.20. The van der Waals surface area contributed by atoms with Gasteiger partial charge in [0.2, 0.25) is 0 Å². The van der Waals surface area contributed by atoms with Gasteiger partial charge in [0.25, 0.3) is 0 Å². The highest BCUT2D eigenvalue weighted by atomic mass is 15.3. The van der Waals surface area contributed by atoms with Crippen molar-refractivity contribution in [3.05, 3.63) is 0 Å². The average Bonchev–Trinajstić information content (AvgIpc) is 2.79. The van der Waals surface area contributed by atoms with E-state index in [1.807, 2.05) is 0 Å². The molecular formula is C14H27N3. The molecule has 0 amide bonds. The molecule has 0 spiro atoms. The summed E-state index contributed by atoms with van der Waals surface area (Å²) in [5.74, 6) is 1.66. The molecule has 0 bridgehead atoms. The smallest absolute Gasteiger partial charge is 0.191 e. The van der Waals surface area contributed by atoms with E-state index in [2.05, 4.69) is 11.8 Å². The summed E-state index contributed by atoms with van der Waals surface area (Å²) in [6.45, 7) is 4.52. The normalized spacial score (nSPS) is 27.7. The molecule has 3 nitrogen and oxygen atoms in total. The van der Waals surface area contributed by atoms with Crippen LogP contribution in [0, 0.1) is 5.92 Å². The average molecular weight is 237 g/mol. The lowest BCUT2D eigenvalue weighted by Crippen LogP contribution is -2.37. The molecule has 1 heterocycles. The zero-order valence-corrected chi connectivity index (χ0v) is 11.2. The molecule has 1 unspecified atom stereocenters. The molecule has 1 saturated heterocycles. The molecule has 2 rings (SSSR count). The van der Waals surface area contributed by atoms with Crippen molar-refractivity contribution in [1.29, 1.82) is 0 Å². The molecule has 1 saturated carbocycles. The van der Waals surface area contributed by atoms with Crippen LogP contribution in [0.1, 0.15) is 58.3 Å². The van der Waals surface area contributed by atoms with Gasteiger partial charge in [0.1, 0.15) is 0 Å². The molecule has 0 aromatic rings. The Kier molecular flexibility index (Phi) is 4.69. The number of guanidine groups is 1. The third kappa shape index (κ3) is 3.62. The predicted octanol–water partition coefficient (Wildman–Crippen LogP) is 2.76. The van der Waals surface area contributed by atoms with Crippen LogP contribution in [-0.2, 0) is 0 Å². The first kappa shape index (κ1) is 12.7. The fourth-order valence-corrected chi connectivity index (χ4v) is 3.16. The first-order chi connectivity index (χ1) is 8.29. The van der Waals surface area contributed by atoms with Crippen LogP contribution in [0.4, 0.5) is 0 Å². The van der Waals surface area contributed by atoms with Crippen LogP contribution in [0.25, 0.3) is 0 Å². The maximum absolute atomic E-state index is 6.14. The van der Waals surface area contributed by atoms with Crippen molar-refractivity contribution < 1.29 is 0 Å². The van der Waals surface area contributed by atoms with Crippen LogP contribution < -0.4 is 5.73 Å². The Morgan fingerprint density at radius 2 is 2.00 bits per heavy atom. The number of hydrogen-bond acceptors (Lipinski definition) is 1. The van der Waals surface area contributed by atoms with E-state index in [9.17, 15) is 0 Å². The Morgan fingerprint density at radius 1 is 1.24 bits per heavy atom. The summed E-state index contributed by atoms with van der Waals surface area (Å²) >= 11 is 0. The molecule has 0 radical (unpaired) electrons. The monoisotopic (exact) mass is 237 g/mol. The lowest BCUT2D eigenvalue weighted by molar-refractivity contribution is 0.422. The first-order valence-electron chi connectivity index (χ1n) is 7.37. The molecule has 98 valence electrons. The maximum Gasteiger partial charge on any atom is 0.191 e. The van der Waals surface area contributed by atoms with Crippen LogP contribution in [-0.4, -0.2) is 30.0 Å². The zero-order chi connectivity index (χ0) is 12.1. The summed E-state index contributed by atoms with van der Waals surface area (Å²) in [6, 6.07) is 0.508. The Morgan fingerprint density at radius 3 is 2.71 bits per heavy atom. The fourth-order valence-electron chi connectivity index (χ4n) is 3.16. The molecule has 1 aliphatic heterocycles. The van der Waals surface area contributed by atoms with E-state index in [1.165, 1.54) is 51.4 Å². The maximum atomic E-state index is 6.14. The van der Waals surface area contributed by atoms with Crippen LogP contribution in [0.5, 0.6) is 0 Å². The zero-order valence-electron chi connectivity index (χ0n) is 11.2. The molecule has 0 aromatic carbocycles. The lowest BCUT2D eigenvalue weighted by Gasteiger charge is -2.22. The minimum Gasteiger partial charge on any atom is -0.370 e. The summed E-state index contributed by atoms with van der Waals surface area (Å²) in [7, 11) is 0. The Hall–Kier alpha value is -0.730. The summed E-state index contributed by atoms with van der Waals surface area (Å²) in [6.07, 6.45) is 10.5. The molecule has 2 fully saturated rings. The van der Waals surface area contributed by atoms with Crippen molar-refractivity contribution in [2.24, 2.45) is 16.6 Å². The highest BCUT2D eigenvalue weighted by Gasteiger charge is 2.23. The van der Waals surface area contributed by atoms with E-state index in [4.69, 9.17) is 10.7 Å². The molecule has 0 aromatic heterocycles. The molecule has 2 aliphatic rings. The quantitative estimate of drug-likeness (QED) is 0.606. The van der Waals surface area contributed by atoms with Gasteiger partial charge in [-0.2, -0.15) is 0 Å². The Bertz CT molecular complexity index is 256. The van der Waals surface area contributed by atoms with Crippen LogP contribution >= 0.6 is 0 Å². The standard InChI is InChI=1S/C14H27N3/c1-2-6-12-9-10-17(11-12)14(15)16-13-7-4-3-5-8-13/h12-13H,2-11H2,1H3,(H2,15,16). The summed E-state index contributed by atoms with van der Waals surface area (Å²) < 4.78 is 0. The van der Waals surface area contributed by atoms with Gasteiger partial charge in [-0.25, -0.2) is 4.99 Å². The van der Waals surface area contributed by atoms with E-state index in [0.717, 1.165) is 25.0 Å². The summed E-state index contributed by atoms with van der Waals surface area (Å²) in [5.41, 5.74) is 6.14. The van der Waals surface area contributed by atoms with E-state index in [0.29, 0.717) is 6.04 Å². The van der Waals surface area contributed by atoms with Crippen LogP contribution in [0.15, 0.2) is 4.99 Å². The van der Waals surface area contributed by atoms with E-state index >= 15 is 0 Å². The second kappa shape index (κ2) is 6.27. The molecule has 3 heteroatoms. The minimum absolute atomic E-state index is 0.508. The van der Waals surface area contributed by atoms with Gasteiger partial charge in [-0.05, 0) is 31.6 Å². The van der Waals surface area contributed by atoms with E-state index in [-0.39, 0.29) is 0 Å². The van der Waals surface area contributed by atoms with Crippen LogP contribution in [0.2, 0.25) is 0 Å². The number of nitrogens with zero attached hydrogens (tertiary/aromatic N) is 2. The number of hydrogen-bond donors (Lipinski definition) is 1. The van der Waals surface area contributed by atoms with Crippen molar-refractivity contribution in [2.45, 2.75) is 64.3 Å². The molecule has 17 heavy (non-hydrogen) atoms. The number of rotatable bonds is 3. The summed E-state index contributed by atoms with van der Waals surface area (Å²) in [4.78, 5) is 7.03. The topological polar surface area (TPSA) is 41.6 Å². The van der Waals surface area contributed by atoms with Crippen LogP contribution in [0.3, 0.4) is 0 Å². The van der Waals surface area contributed by atoms with Crippen molar-refractivity contribution in [3.8, 4) is 0 Å². The van der Waals surface area contributed by atoms with Crippen molar-refractivity contribution in [1.82, 2.24) is 4.90 Å². The van der Waals surface area contributed by atoms with Gasteiger partial charge < -0.3 is 10.6 Å². The lowest BCUT2D eigenvalue weighted by atomic mass is 9.96. The van der Waals surface area contributed by atoms with E-state index in [1.54, 1.807) is 0 Å². The van der Waals surface area contributed by atoms with E-state index < -0.39 is 0 Å². The van der Waals surface area contributed by atoms with Gasteiger partial charge in [-0.1, -0.05) is 32.6 Å². The highest BCUT2D eigenvalue weighted by Crippen LogP contribution is 2.23. The van der Waals surface area contributed by atoms with Gasteiger partial charge in [-0.15, -0.1) is 0 Å². The molecule has 1 atom stereocenters. The molecule has 2 N–H and O–H groups in total. The molecular weight excluding hydrogens is 210 g/mol. The second-order valence-electron chi connectivity index (χ2n) is 5.67. The summed E-state index contributed by atoms with van der Waals surface area (Å²) in [5, 5.41) is 0. The minimum atomic E-state index is 0.508. The van der Waals surface area contributed by atoms with Crippen molar-refractivity contribution >= 4 is 5.96 Å². The second-order valence-corrected chi connectivity index (χ2v) is 5.67. The van der Waals surface area contributed by atoms with Crippen molar-refractivity contribution in [2.75, 3.05) is 13.1 Å². The number of nitrogens with two attached hydrogens (primary N) is 1. The van der Waals surface area contributed by atoms with Gasteiger partial charge in [0, 0.05) is 13.1 Å². The molecule has 1 aliphatic carbocycles. The number of likely N-dealkylation sites (tertiary alicyclic amines) is 1. The Balaban J connectivity index is 1.82. The van der Waals surface area contributed by atoms with Gasteiger partial charge >= 0.3 is 0 Å². The first-order valence-corrected chi connectivity index (χ1v) is 7.37. The Labute approximate surface area is 105 Å². The largest absolute Gasteiger partial charge is 0.370 e. The number of aliphatic imine (C=N–C) groups is 1. The van der Waals surface area contributed by atoms with Gasteiger partial charge in [0.15, 0.2) is 5.96 Å². The highest BCUT2D eigenvalue weighted by molar-refractivity contribution is 5.78. The third-order valence-electron chi connectivity index (χ3n) is 4.20. The SMILES string of the molecule is CCCC1CCN(C(N)=NC2CCCCC2)C1. The predicted molar refractivity (Wildman–Crippen MR) is 73.1 cm³/mol.